The molecule has 1 aromatic carbocycles. The Labute approximate surface area is 179 Å². The number of carboxylic acid groups (broad SMARTS) is 1. The van der Waals surface area contributed by atoms with E-state index < -0.39 is 24.3 Å². The molecule has 0 saturated carbocycles. The topological polar surface area (TPSA) is 119 Å². The summed E-state index contributed by atoms with van der Waals surface area (Å²) < 4.78 is 45.5. The van der Waals surface area contributed by atoms with Gasteiger partial charge >= 0.3 is 12.1 Å². The molecular formula is C19H18F3N7O3. The van der Waals surface area contributed by atoms with Crippen LogP contribution in [0.3, 0.4) is 0 Å². The lowest BCUT2D eigenvalue weighted by atomic mass is 10.1. The van der Waals surface area contributed by atoms with E-state index in [2.05, 4.69) is 25.5 Å². The molecule has 0 unspecified atom stereocenters. The number of hydrogen-bond acceptors (Lipinski definition) is 8. The number of tetrazole rings is 1. The van der Waals surface area contributed by atoms with Crippen LogP contribution in [0.4, 0.5) is 19.0 Å². The van der Waals surface area contributed by atoms with E-state index in [4.69, 9.17) is 9.84 Å². The van der Waals surface area contributed by atoms with Crippen molar-refractivity contribution in [3.05, 3.63) is 42.2 Å². The van der Waals surface area contributed by atoms with Gasteiger partial charge in [-0.1, -0.05) is 6.07 Å². The summed E-state index contributed by atoms with van der Waals surface area (Å²) in [5.74, 6) is -0.0805. The molecule has 0 aliphatic carbocycles. The zero-order chi connectivity index (χ0) is 22.7. The third kappa shape index (κ3) is 4.92. The van der Waals surface area contributed by atoms with Gasteiger partial charge in [-0.05, 0) is 28.6 Å². The molecule has 1 N–H and O–H groups in total. The summed E-state index contributed by atoms with van der Waals surface area (Å²) in [6.45, 7) is 0.786. The van der Waals surface area contributed by atoms with E-state index >= 15 is 0 Å². The number of ether oxygens (including phenoxy) is 1. The minimum atomic E-state index is -4.41. The molecule has 0 bridgehead atoms. The number of alkyl halides is 3. The van der Waals surface area contributed by atoms with Gasteiger partial charge < -0.3 is 14.7 Å². The molecule has 2 aromatic heterocycles. The highest BCUT2D eigenvalue weighted by molar-refractivity contribution is 5.67. The van der Waals surface area contributed by atoms with Crippen LogP contribution in [0.5, 0.6) is 5.75 Å². The second kappa shape index (κ2) is 8.77. The Morgan fingerprint density at radius 2 is 1.97 bits per heavy atom. The van der Waals surface area contributed by atoms with Gasteiger partial charge in [-0.15, -0.1) is 5.10 Å². The van der Waals surface area contributed by atoms with E-state index in [1.807, 2.05) is 4.90 Å². The van der Waals surface area contributed by atoms with E-state index in [0.717, 1.165) is 16.8 Å². The minimum absolute atomic E-state index is 0.194. The van der Waals surface area contributed by atoms with Gasteiger partial charge in [0.1, 0.15) is 29.9 Å². The fraction of sp³-hybridized carbons (Fsp3) is 0.368. The Morgan fingerprint density at radius 3 is 2.62 bits per heavy atom. The number of benzene rings is 1. The number of aromatic nitrogens is 6. The van der Waals surface area contributed by atoms with Crippen molar-refractivity contribution in [2.45, 2.75) is 31.7 Å². The average molecular weight is 449 g/mol. The van der Waals surface area contributed by atoms with Gasteiger partial charge in [-0.25, -0.2) is 14.6 Å². The van der Waals surface area contributed by atoms with Crippen LogP contribution in [0.15, 0.2) is 36.7 Å². The number of hydrogen-bond donors (Lipinski definition) is 1. The summed E-state index contributed by atoms with van der Waals surface area (Å²) in [6, 6.07) is 4.87. The van der Waals surface area contributed by atoms with Gasteiger partial charge in [0.2, 0.25) is 5.82 Å². The standard InChI is InChI=1S/C19H18F3N7O3/c20-19(21,22)12-2-1-3-14(8-12)32-13-4-6-28(7-5-13)16-10-23-15(9-24-16)18-25-26-27-29(18)11-17(30)31/h1-3,8-10,13H,4-7,11H2,(H,30,31). The first-order valence-corrected chi connectivity index (χ1v) is 9.69. The maximum atomic E-state index is 12.9. The lowest BCUT2D eigenvalue weighted by Gasteiger charge is -2.32. The minimum Gasteiger partial charge on any atom is -0.490 e. The van der Waals surface area contributed by atoms with Gasteiger partial charge in [0.25, 0.3) is 0 Å². The van der Waals surface area contributed by atoms with Crippen LogP contribution in [0, 0.1) is 0 Å². The monoisotopic (exact) mass is 449 g/mol. The molecule has 3 aromatic rings. The van der Waals surface area contributed by atoms with Crippen molar-refractivity contribution in [1.82, 2.24) is 30.2 Å². The number of aliphatic carboxylic acids is 1. The Hall–Kier alpha value is -3.77. The van der Waals surface area contributed by atoms with E-state index in [1.54, 1.807) is 6.20 Å². The summed E-state index contributed by atoms with van der Waals surface area (Å²) in [6.07, 6.45) is -0.395. The van der Waals surface area contributed by atoms with Gasteiger partial charge in [-0.3, -0.25) is 4.79 Å². The van der Waals surface area contributed by atoms with Gasteiger partial charge in [0.05, 0.1) is 18.0 Å². The van der Waals surface area contributed by atoms with Crippen LogP contribution < -0.4 is 9.64 Å². The van der Waals surface area contributed by atoms with Crippen LogP contribution in [-0.4, -0.2) is 60.4 Å². The molecule has 0 atom stereocenters. The Kier molecular flexibility index (Phi) is 5.88. The number of carbonyl (C=O) groups is 1. The SMILES string of the molecule is O=C(O)Cn1nnnc1-c1cnc(N2CCC(Oc3cccc(C(F)(F)F)c3)CC2)cn1. The predicted octanol–water partition coefficient (Wildman–Crippen LogP) is 2.28. The number of nitrogens with zero attached hydrogens (tertiary/aromatic N) is 7. The van der Waals surface area contributed by atoms with Crippen LogP contribution >= 0.6 is 0 Å². The first-order valence-electron chi connectivity index (χ1n) is 9.69. The third-order valence-corrected chi connectivity index (χ3v) is 4.91. The Balaban J connectivity index is 1.36. The molecule has 1 aliphatic rings. The highest BCUT2D eigenvalue weighted by Crippen LogP contribution is 2.32. The molecule has 1 fully saturated rings. The zero-order valence-corrected chi connectivity index (χ0v) is 16.6. The maximum Gasteiger partial charge on any atom is 0.416 e. The smallest absolute Gasteiger partial charge is 0.416 e. The Bertz CT molecular complexity index is 1080. The lowest BCUT2D eigenvalue weighted by Crippen LogP contribution is -2.38. The molecule has 0 radical (unpaired) electrons. The fourth-order valence-corrected chi connectivity index (χ4v) is 3.36. The predicted molar refractivity (Wildman–Crippen MR) is 104 cm³/mol. The quantitative estimate of drug-likeness (QED) is 0.604. The number of halogens is 3. The van der Waals surface area contributed by atoms with E-state index in [0.29, 0.717) is 37.4 Å². The summed E-state index contributed by atoms with van der Waals surface area (Å²) in [5, 5.41) is 19.8. The molecule has 13 heteroatoms. The second-order valence-electron chi connectivity index (χ2n) is 7.14. The van der Waals surface area contributed by atoms with E-state index in [9.17, 15) is 18.0 Å². The highest BCUT2D eigenvalue weighted by atomic mass is 19.4. The third-order valence-electron chi connectivity index (χ3n) is 4.91. The number of rotatable bonds is 6. The van der Waals surface area contributed by atoms with E-state index in [-0.39, 0.29) is 17.7 Å². The maximum absolute atomic E-state index is 12.9. The molecule has 0 spiro atoms. The molecule has 4 rings (SSSR count). The number of piperidine rings is 1. The average Bonchev–Trinajstić information content (AvgIpc) is 3.21. The normalized spacial score (nSPS) is 15.0. The zero-order valence-electron chi connectivity index (χ0n) is 16.6. The summed E-state index contributed by atoms with van der Waals surface area (Å²) in [7, 11) is 0. The summed E-state index contributed by atoms with van der Waals surface area (Å²) >= 11 is 0. The van der Waals surface area contributed by atoms with E-state index in [1.165, 1.54) is 18.3 Å². The molecular weight excluding hydrogens is 431 g/mol. The van der Waals surface area contributed by atoms with Crippen molar-refractivity contribution >= 4 is 11.8 Å². The lowest BCUT2D eigenvalue weighted by molar-refractivity contribution is -0.138. The van der Waals surface area contributed by atoms with Gasteiger partial charge in [0, 0.05) is 25.9 Å². The van der Waals surface area contributed by atoms with Crippen LogP contribution in [0.1, 0.15) is 18.4 Å². The molecule has 10 nitrogen and oxygen atoms in total. The van der Waals surface area contributed by atoms with Gasteiger partial charge in [-0.2, -0.15) is 13.2 Å². The van der Waals surface area contributed by atoms with Crippen LogP contribution in [0.2, 0.25) is 0 Å². The van der Waals surface area contributed by atoms with Crippen molar-refractivity contribution in [3.63, 3.8) is 0 Å². The molecule has 1 saturated heterocycles. The summed E-state index contributed by atoms with van der Waals surface area (Å²) in [4.78, 5) is 21.5. The second-order valence-corrected chi connectivity index (χ2v) is 7.14. The Morgan fingerprint density at radius 1 is 1.19 bits per heavy atom. The largest absolute Gasteiger partial charge is 0.490 e. The van der Waals surface area contributed by atoms with Crippen LogP contribution in [-0.2, 0) is 17.5 Å². The summed E-state index contributed by atoms with van der Waals surface area (Å²) in [5.41, 5.74) is -0.403. The van der Waals surface area contributed by atoms with Gasteiger partial charge in [0.15, 0.2) is 0 Å². The van der Waals surface area contributed by atoms with Crippen molar-refractivity contribution in [2.75, 3.05) is 18.0 Å². The first kappa shape index (κ1) is 21.5. The molecule has 3 heterocycles. The van der Waals surface area contributed by atoms with Crippen molar-refractivity contribution in [3.8, 4) is 17.3 Å². The molecule has 32 heavy (non-hydrogen) atoms. The van der Waals surface area contributed by atoms with Crippen molar-refractivity contribution < 1.29 is 27.8 Å². The number of carboxylic acids is 1. The first-order chi connectivity index (χ1) is 15.3. The molecule has 168 valence electrons. The van der Waals surface area contributed by atoms with Crippen LogP contribution in [0.25, 0.3) is 11.5 Å². The molecule has 0 amide bonds. The molecule has 1 aliphatic heterocycles. The van der Waals surface area contributed by atoms with Crippen molar-refractivity contribution in [2.24, 2.45) is 0 Å². The highest BCUT2D eigenvalue weighted by Gasteiger charge is 2.31. The van der Waals surface area contributed by atoms with Crippen molar-refractivity contribution in [1.29, 1.82) is 0 Å². The fourth-order valence-electron chi connectivity index (χ4n) is 3.36. The number of anilines is 1.